The fourth-order valence-corrected chi connectivity index (χ4v) is 4.75. The van der Waals surface area contributed by atoms with E-state index in [4.69, 9.17) is 18.4 Å². The molecule has 0 unspecified atom stereocenters. The summed E-state index contributed by atoms with van der Waals surface area (Å²) in [6, 6.07) is 13.0. The van der Waals surface area contributed by atoms with E-state index < -0.39 is 11.4 Å². The Morgan fingerprint density at radius 2 is 1.73 bits per heavy atom. The van der Waals surface area contributed by atoms with Crippen molar-refractivity contribution >= 4 is 11.0 Å². The highest BCUT2D eigenvalue weighted by atomic mass is 16.5. The zero-order valence-electron chi connectivity index (χ0n) is 22.6. The van der Waals surface area contributed by atoms with Crippen molar-refractivity contribution in [2.45, 2.75) is 70.5 Å². The monoisotopic (exact) mass is 555 g/mol. The molecule has 0 aliphatic heterocycles. The molecule has 41 heavy (non-hydrogen) atoms. The van der Waals surface area contributed by atoms with Crippen molar-refractivity contribution in [2.24, 2.45) is 0 Å². The molecule has 5 aromatic rings. The zero-order valence-corrected chi connectivity index (χ0v) is 22.6. The van der Waals surface area contributed by atoms with Crippen LogP contribution in [0.4, 0.5) is 0 Å². The first-order chi connectivity index (χ1) is 20.1. The number of benzene rings is 2. The predicted octanol–water partition coefficient (Wildman–Crippen LogP) is 5.15. The summed E-state index contributed by atoms with van der Waals surface area (Å²) in [6.45, 7) is 2.06. The van der Waals surface area contributed by atoms with Gasteiger partial charge in [-0.15, -0.1) is 10.2 Å². The Labute approximate surface area is 234 Å². The number of ether oxygens (including phenoxy) is 2. The summed E-state index contributed by atoms with van der Waals surface area (Å²) in [5.74, 6) is 1.09. The summed E-state index contributed by atoms with van der Waals surface area (Å²) < 4.78 is 25.2. The standard InChI is InChI=1S/C30H29N5O6/c1-2-3-11-24-31-28(36)26(29-33-32-25(40-29)16-20-19-7-4-5-8-21(19)41-34-20)30(37)35(24)27-22(38-17-12-13-17)9-6-10-23(27)39-18-14-15-18/h4-10,17-18,36H,2-3,11-16H2,1H3. The molecule has 2 fully saturated rings. The van der Waals surface area contributed by atoms with E-state index in [-0.39, 0.29) is 36.0 Å². The van der Waals surface area contributed by atoms with E-state index >= 15 is 0 Å². The lowest BCUT2D eigenvalue weighted by molar-refractivity contribution is 0.284. The van der Waals surface area contributed by atoms with E-state index in [0.717, 1.165) is 43.9 Å². The third-order valence-electron chi connectivity index (χ3n) is 7.16. The van der Waals surface area contributed by atoms with E-state index in [1.54, 1.807) is 0 Å². The number of nitrogens with zero attached hydrogens (tertiary/aromatic N) is 5. The molecule has 2 aliphatic rings. The second-order valence-corrected chi connectivity index (χ2v) is 10.5. The summed E-state index contributed by atoms with van der Waals surface area (Å²) >= 11 is 0. The molecule has 3 heterocycles. The molecular formula is C30H29N5O6. The topological polar surface area (TPSA) is 139 Å². The van der Waals surface area contributed by atoms with Crippen LogP contribution >= 0.6 is 0 Å². The highest BCUT2D eigenvalue weighted by Crippen LogP contribution is 2.40. The van der Waals surface area contributed by atoms with Crippen molar-refractivity contribution < 1.29 is 23.5 Å². The second-order valence-electron chi connectivity index (χ2n) is 10.5. The van der Waals surface area contributed by atoms with Gasteiger partial charge in [0.15, 0.2) is 11.1 Å². The van der Waals surface area contributed by atoms with E-state index in [1.807, 2.05) is 42.5 Å². The lowest BCUT2D eigenvalue weighted by Crippen LogP contribution is -2.27. The maximum Gasteiger partial charge on any atom is 0.275 e. The highest BCUT2D eigenvalue weighted by Gasteiger charge is 2.32. The molecule has 0 atom stereocenters. The molecule has 1 N–H and O–H groups in total. The minimum absolute atomic E-state index is 0.0929. The molecule has 2 aliphatic carbocycles. The molecule has 0 radical (unpaired) electrons. The fraction of sp³-hybridized carbons (Fsp3) is 0.367. The molecule has 11 nitrogen and oxygen atoms in total. The number of aromatic nitrogens is 5. The van der Waals surface area contributed by atoms with Gasteiger partial charge in [-0.25, -0.2) is 0 Å². The largest absolute Gasteiger partial charge is 0.493 e. The summed E-state index contributed by atoms with van der Waals surface area (Å²) in [6.07, 6.45) is 6.31. The molecule has 0 bridgehead atoms. The zero-order chi connectivity index (χ0) is 27.9. The SMILES string of the molecule is CCCCc1nc(O)c(-c2nnc(Cc3noc4ccccc34)o2)c(=O)n1-c1c(OC2CC2)cccc1OC1CC1. The number of hydrogen-bond acceptors (Lipinski definition) is 10. The Hall–Kier alpha value is -4.67. The summed E-state index contributed by atoms with van der Waals surface area (Å²) in [5, 5.41) is 24.2. The predicted molar refractivity (Wildman–Crippen MR) is 148 cm³/mol. The van der Waals surface area contributed by atoms with E-state index in [2.05, 4.69) is 27.3 Å². The summed E-state index contributed by atoms with van der Waals surface area (Å²) in [4.78, 5) is 18.8. The van der Waals surface area contributed by atoms with Crippen LogP contribution in [0.25, 0.3) is 28.1 Å². The van der Waals surface area contributed by atoms with Crippen molar-refractivity contribution in [3.8, 4) is 34.5 Å². The van der Waals surface area contributed by atoms with Crippen molar-refractivity contribution in [3.63, 3.8) is 0 Å². The van der Waals surface area contributed by atoms with Gasteiger partial charge in [0.1, 0.15) is 28.7 Å². The Bertz CT molecular complexity index is 1750. The van der Waals surface area contributed by atoms with Crippen LogP contribution in [0.5, 0.6) is 17.4 Å². The maximum atomic E-state index is 14.3. The third-order valence-corrected chi connectivity index (χ3v) is 7.16. The van der Waals surface area contributed by atoms with Gasteiger partial charge in [0, 0.05) is 11.8 Å². The molecular weight excluding hydrogens is 526 g/mol. The fourth-order valence-electron chi connectivity index (χ4n) is 4.75. The Morgan fingerprint density at radius 3 is 2.44 bits per heavy atom. The summed E-state index contributed by atoms with van der Waals surface area (Å²) in [5.41, 5.74) is 1.01. The molecule has 2 saturated carbocycles. The third kappa shape index (κ3) is 5.03. The average molecular weight is 556 g/mol. The second kappa shape index (κ2) is 10.4. The first-order valence-corrected chi connectivity index (χ1v) is 14.1. The molecule has 0 saturated heterocycles. The van der Waals surface area contributed by atoms with Crippen molar-refractivity contribution in [3.05, 3.63) is 70.2 Å². The van der Waals surface area contributed by atoms with Crippen LogP contribution in [0, 0.1) is 0 Å². The van der Waals surface area contributed by atoms with Crippen LogP contribution < -0.4 is 15.0 Å². The molecule has 0 spiro atoms. The molecule has 11 heteroatoms. The average Bonchev–Trinajstić information content (AvgIpc) is 3.89. The Balaban J connectivity index is 1.33. The summed E-state index contributed by atoms with van der Waals surface area (Å²) in [7, 11) is 0. The van der Waals surface area contributed by atoms with Gasteiger partial charge in [0.05, 0.1) is 18.6 Å². The Kier molecular flexibility index (Phi) is 6.41. The van der Waals surface area contributed by atoms with Gasteiger partial charge >= 0.3 is 0 Å². The molecule has 0 amide bonds. The van der Waals surface area contributed by atoms with Gasteiger partial charge in [0.2, 0.25) is 11.8 Å². The van der Waals surface area contributed by atoms with Gasteiger partial charge < -0.3 is 23.5 Å². The number of aromatic hydroxyl groups is 1. The van der Waals surface area contributed by atoms with E-state index in [1.165, 1.54) is 4.57 Å². The first-order valence-electron chi connectivity index (χ1n) is 14.1. The number of aryl methyl sites for hydroxylation is 1. The normalized spacial score (nSPS) is 15.0. The minimum Gasteiger partial charge on any atom is -0.493 e. The minimum atomic E-state index is -0.543. The van der Waals surface area contributed by atoms with Crippen molar-refractivity contribution in [2.75, 3.05) is 0 Å². The molecule has 210 valence electrons. The lowest BCUT2D eigenvalue weighted by Gasteiger charge is -2.20. The molecule has 7 rings (SSSR count). The number of para-hydroxylation sites is 2. The van der Waals surface area contributed by atoms with Crippen LogP contribution in [0.3, 0.4) is 0 Å². The number of rotatable bonds is 11. The van der Waals surface area contributed by atoms with Gasteiger partial charge in [-0.2, -0.15) is 4.98 Å². The first kappa shape index (κ1) is 25.3. The highest BCUT2D eigenvalue weighted by molar-refractivity contribution is 5.79. The number of fused-ring (bicyclic) bond motifs is 1. The van der Waals surface area contributed by atoms with Gasteiger partial charge in [-0.05, 0) is 56.4 Å². The number of unbranched alkanes of at least 4 members (excludes halogenated alkanes) is 1. The van der Waals surface area contributed by atoms with Crippen LogP contribution in [-0.2, 0) is 12.8 Å². The van der Waals surface area contributed by atoms with E-state index in [0.29, 0.717) is 40.7 Å². The Morgan fingerprint density at radius 1 is 1.00 bits per heavy atom. The van der Waals surface area contributed by atoms with Crippen molar-refractivity contribution in [1.29, 1.82) is 0 Å². The number of hydrogen-bond donors (Lipinski definition) is 1. The van der Waals surface area contributed by atoms with Crippen LogP contribution in [0.15, 0.2) is 56.2 Å². The molecule has 3 aromatic heterocycles. The quantitative estimate of drug-likeness (QED) is 0.233. The van der Waals surface area contributed by atoms with Crippen LogP contribution in [-0.4, -0.2) is 42.2 Å². The van der Waals surface area contributed by atoms with E-state index in [9.17, 15) is 9.90 Å². The van der Waals surface area contributed by atoms with Gasteiger partial charge in [-0.3, -0.25) is 9.36 Å². The maximum absolute atomic E-state index is 14.3. The van der Waals surface area contributed by atoms with Crippen LogP contribution in [0.1, 0.15) is 62.9 Å². The van der Waals surface area contributed by atoms with Gasteiger partial charge in [0.25, 0.3) is 11.4 Å². The smallest absolute Gasteiger partial charge is 0.275 e. The van der Waals surface area contributed by atoms with Crippen LogP contribution in [0.2, 0.25) is 0 Å². The van der Waals surface area contributed by atoms with Crippen molar-refractivity contribution in [1.82, 2.24) is 24.9 Å². The van der Waals surface area contributed by atoms with Gasteiger partial charge in [-0.1, -0.05) is 36.7 Å². The molecule has 2 aromatic carbocycles. The lowest BCUT2D eigenvalue weighted by atomic mass is 10.2.